The van der Waals surface area contributed by atoms with Gasteiger partial charge in [-0.2, -0.15) is 0 Å². The maximum atomic E-state index is 13.9. The third kappa shape index (κ3) is 3.20. The molecule has 0 saturated heterocycles. The molecule has 0 radical (unpaired) electrons. The van der Waals surface area contributed by atoms with Crippen LogP contribution in [-0.2, 0) is 17.9 Å². The Bertz CT molecular complexity index is 1000. The molecule has 0 bridgehead atoms. The third-order valence-corrected chi connectivity index (χ3v) is 4.45. The molecule has 2 aromatic heterocycles. The average Bonchev–Trinajstić information content (AvgIpc) is 3.30. The van der Waals surface area contributed by atoms with E-state index in [4.69, 9.17) is 0 Å². The van der Waals surface area contributed by atoms with Crippen molar-refractivity contribution in [3.8, 4) is 0 Å². The lowest BCUT2D eigenvalue weighted by Crippen LogP contribution is -2.33. The molecule has 0 unspecified atom stereocenters. The Morgan fingerprint density at radius 3 is 2.56 bits per heavy atom. The van der Waals surface area contributed by atoms with E-state index in [0.717, 1.165) is 18.2 Å². The van der Waals surface area contributed by atoms with Gasteiger partial charge in [-0.05, 0) is 31.0 Å². The predicted octanol–water partition coefficient (Wildman–Crippen LogP) is 2.27. The normalized spacial score (nSPS) is 14.0. The SMILES string of the molecule is O=C(Cn1ccc2ccn(Cc3ccccc3F)c2c1=O)NC1CC1. The van der Waals surface area contributed by atoms with Gasteiger partial charge >= 0.3 is 0 Å². The number of aromatic nitrogens is 2. The molecular formula is C19H18FN3O2. The van der Waals surface area contributed by atoms with Crippen molar-refractivity contribution in [1.29, 1.82) is 0 Å². The second kappa shape index (κ2) is 6.20. The fraction of sp³-hybridized carbons (Fsp3) is 0.263. The minimum absolute atomic E-state index is 0.00382. The number of pyridine rings is 1. The van der Waals surface area contributed by atoms with Crippen molar-refractivity contribution in [3.63, 3.8) is 0 Å². The summed E-state index contributed by atoms with van der Waals surface area (Å²) in [6.07, 6.45) is 5.41. The first-order valence-electron chi connectivity index (χ1n) is 8.33. The zero-order chi connectivity index (χ0) is 17.4. The summed E-state index contributed by atoms with van der Waals surface area (Å²) in [4.78, 5) is 24.8. The monoisotopic (exact) mass is 339 g/mol. The van der Waals surface area contributed by atoms with E-state index in [1.54, 1.807) is 41.2 Å². The van der Waals surface area contributed by atoms with Crippen molar-refractivity contribution in [2.24, 2.45) is 0 Å². The first kappa shape index (κ1) is 15.6. The lowest BCUT2D eigenvalue weighted by molar-refractivity contribution is -0.121. The quantitative estimate of drug-likeness (QED) is 0.775. The predicted molar refractivity (Wildman–Crippen MR) is 92.9 cm³/mol. The molecule has 4 rings (SSSR count). The number of nitrogens with one attached hydrogen (secondary N) is 1. The first-order valence-corrected chi connectivity index (χ1v) is 8.33. The number of rotatable bonds is 5. The molecule has 0 spiro atoms. The molecule has 5 nitrogen and oxygen atoms in total. The van der Waals surface area contributed by atoms with E-state index < -0.39 is 0 Å². The Morgan fingerprint density at radius 2 is 1.84 bits per heavy atom. The van der Waals surface area contributed by atoms with Crippen molar-refractivity contribution in [1.82, 2.24) is 14.5 Å². The van der Waals surface area contributed by atoms with Gasteiger partial charge in [0.05, 0.1) is 6.54 Å². The van der Waals surface area contributed by atoms with Crippen molar-refractivity contribution in [3.05, 3.63) is 70.5 Å². The van der Waals surface area contributed by atoms with Gasteiger partial charge in [0.25, 0.3) is 5.56 Å². The molecule has 0 atom stereocenters. The minimum atomic E-state index is -0.301. The summed E-state index contributed by atoms with van der Waals surface area (Å²) in [7, 11) is 0. The summed E-state index contributed by atoms with van der Waals surface area (Å²) in [5.74, 6) is -0.458. The Kier molecular flexibility index (Phi) is 3.87. The molecule has 6 heteroatoms. The molecule has 1 saturated carbocycles. The van der Waals surface area contributed by atoms with Crippen molar-refractivity contribution in [2.75, 3.05) is 0 Å². The van der Waals surface area contributed by atoms with E-state index >= 15 is 0 Å². The Hall–Kier alpha value is -2.89. The van der Waals surface area contributed by atoms with Gasteiger partial charge in [-0.15, -0.1) is 0 Å². The van der Waals surface area contributed by atoms with Crippen LogP contribution in [0.3, 0.4) is 0 Å². The molecule has 1 amide bonds. The van der Waals surface area contributed by atoms with Crippen molar-refractivity contribution in [2.45, 2.75) is 32.0 Å². The number of carbonyl (C=O) groups is 1. The van der Waals surface area contributed by atoms with Crippen LogP contribution in [0, 0.1) is 5.82 Å². The summed E-state index contributed by atoms with van der Waals surface area (Å²) < 4.78 is 17.0. The van der Waals surface area contributed by atoms with Crippen LogP contribution in [0.5, 0.6) is 0 Å². The van der Waals surface area contributed by atoms with Crippen LogP contribution in [0.4, 0.5) is 4.39 Å². The van der Waals surface area contributed by atoms with Gasteiger partial charge in [0.15, 0.2) is 0 Å². The second-order valence-corrected chi connectivity index (χ2v) is 6.43. The summed E-state index contributed by atoms with van der Waals surface area (Å²) in [5, 5.41) is 3.66. The topological polar surface area (TPSA) is 56.0 Å². The maximum absolute atomic E-state index is 13.9. The smallest absolute Gasteiger partial charge is 0.275 e. The molecule has 0 aliphatic heterocycles. The zero-order valence-corrected chi connectivity index (χ0v) is 13.6. The van der Waals surface area contributed by atoms with Crippen LogP contribution in [0.2, 0.25) is 0 Å². The third-order valence-electron chi connectivity index (χ3n) is 4.45. The minimum Gasteiger partial charge on any atom is -0.352 e. The Labute approximate surface area is 143 Å². The highest BCUT2D eigenvalue weighted by atomic mass is 19.1. The number of nitrogens with zero attached hydrogens (tertiary/aromatic N) is 2. The Morgan fingerprint density at radius 1 is 1.12 bits per heavy atom. The van der Waals surface area contributed by atoms with E-state index in [0.29, 0.717) is 11.1 Å². The van der Waals surface area contributed by atoms with Crippen LogP contribution < -0.4 is 10.9 Å². The van der Waals surface area contributed by atoms with Crippen molar-refractivity contribution >= 4 is 16.8 Å². The molecule has 1 fully saturated rings. The lowest BCUT2D eigenvalue weighted by Gasteiger charge is -2.09. The summed E-state index contributed by atoms with van der Waals surface area (Å²) in [5.41, 5.74) is 0.746. The molecule has 1 N–H and O–H groups in total. The number of carbonyl (C=O) groups excluding carboxylic acids is 1. The van der Waals surface area contributed by atoms with Gasteiger partial charge in [0.1, 0.15) is 17.9 Å². The largest absolute Gasteiger partial charge is 0.352 e. The van der Waals surface area contributed by atoms with Gasteiger partial charge in [0.2, 0.25) is 5.91 Å². The summed E-state index contributed by atoms with van der Waals surface area (Å²) in [6.45, 7) is 0.264. The van der Waals surface area contributed by atoms with Crippen molar-refractivity contribution < 1.29 is 9.18 Å². The van der Waals surface area contributed by atoms with Gasteiger partial charge in [-0.3, -0.25) is 9.59 Å². The van der Waals surface area contributed by atoms with Gasteiger partial charge in [0, 0.05) is 29.4 Å². The second-order valence-electron chi connectivity index (χ2n) is 6.43. The highest BCUT2D eigenvalue weighted by molar-refractivity contribution is 5.80. The van der Waals surface area contributed by atoms with Gasteiger partial charge < -0.3 is 14.5 Å². The maximum Gasteiger partial charge on any atom is 0.275 e. The summed E-state index contributed by atoms with van der Waals surface area (Å²) >= 11 is 0. The van der Waals surface area contributed by atoms with E-state index in [9.17, 15) is 14.0 Å². The molecule has 1 aromatic carbocycles. The van der Waals surface area contributed by atoms with E-state index in [1.165, 1.54) is 10.6 Å². The lowest BCUT2D eigenvalue weighted by atomic mass is 10.2. The Balaban J connectivity index is 1.66. The number of benzene rings is 1. The first-order chi connectivity index (χ1) is 12.1. The van der Waals surface area contributed by atoms with Crippen LogP contribution >= 0.6 is 0 Å². The van der Waals surface area contributed by atoms with Gasteiger partial charge in [-0.1, -0.05) is 18.2 Å². The van der Waals surface area contributed by atoms with Crippen LogP contribution in [-0.4, -0.2) is 21.1 Å². The highest BCUT2D eigenvalue weighted by Gasteiger charge is 2.23. The molecule has 3 aromatic rings. The molecule has 1 aliphatic rings. The fourth-order valence-corrected chi connectivity index (χ4v) is 2.97. The van der Waals surface area contributed by atoms with E-state index in [2.05, 4.69) is 5.32 Å². The summed E-state index contributed by atoms with van der Waals surface area (Å²) in [6, 6.07) is 10.4. The standard InChI is InChI=1S/C19H18FN3O2/c20-16-4-2-1-3-14(16)11-22-9-7-13-8-10-23(19(25)18(13)22)12-17(24)21-15-5-6-15/h1-4,7-10,15H,5-6,11-12H2,(H,21,24). The zero-order valence-electron chi connectivity index (χ0n) is 13.6. The fourth-order valence-electron chi connectivity index (χ4n) is 2.97. The molecular weight excluding hydrogens is 321 g/mol. The number of halogens is 1. The molecule has 1 aliphatic carbocycles. The molecule has 2 heterocycles. The van der Waals surface area contributed by atoms with E-state index in [-0.39, 0.29) is 36.4 Å². The number of hydrogen-bond acceptors (Lipinski definition) is 2. The molecule has 128 valence electrons. The van der Waals surface area contributed by atoms with Crippen LogP contribution in [0.15, 0.2) is 53.6 Å². The van der Waals surface area contributed by atoms with Crippen LogP contribution in [0.1, 0.15) is 18.4 Å². The number of amides is 1. The van der Waals surface area contributed by atoms with Crippen LogP contribution in [0.25, 0.3) is 10.9 Å². The number of fused-ring (bicyclic) bond motifs is 1. The average molecular weight is 339 g/mol. The molecule has 25 heavy (non-hydrogen) atoms. The number of hydrogen-bond donors (Lipinski definition) is 1. The highest BCUT2D eigenvalue weighted by Crippen LogP contribution is 2.18. The van der Waals surface area contributed by atoms with Gasteiger partial charge in [-0.25, -0.2) is 4.39 Å². The van der Waals surface area contributed by atoms with E-state index in [1.807, 2.05) is 6.07 Å².